The van der Waals surface area contributed by atoms with Crippen LogP contribution < -0.4 is 0 Å². The van der Waals surface area contributed by atoms with Gasteiger partial charge in [-0.2, -0.15) is 0 Å². The Morgan fingerprint density at radius 1 is 1.80 bits per heavy atom. The third-order valence-corrected chi connectivity index (χ3v) is 0.329. The molecular weight excluding hydrogens is 58.9 g/mol. The Labute approximate surface area is 33.4 Å². The predicted octanol–water partition coefficient (Wildman–Crippen LogP) is 0.656. The van der Waals surface area contributed by atoms with Gasteiger partial charge in [-0.25, -0.2) is 0 Å². The number of hydrogen-bond acceptors (Lipinski definition) is 0. The van der Waals surface area contributed by atoms with E-state index in [9.17, 15) is 0 Å². The summed E-state index contributed by atoms with van der Waals surface area (Å²) in [6, 6.07) is 0. The van der Waals surface area contributed by atoms with Gasteiger partial charge < -0.3 is 0 Å². The molecule has 0 spiro atoms. The first-order chi connectivity index (χ1) is 2.41. The van der Waals surface area contributed by atoms with Crippen LogP contribution in [0, 0.1) is 0 Å². The van der Waals surface area contributed by atoms with Gasteiger partial charge in [-0.15, -0.1) is 0 Å². The van der Waals surface area contributed by atoms with Crippen LogP contribution in [-0.2, 0) is 0 Å². The Bertz CT molecular complexity index is 45.6. The summed E-state index contributed by atoms with van der Waals surface area (Å²) in [5, 5.41) is 0. The van der Waals surface area contributed by atoms with Gasteiger partial charge in [-0.3, -0.25) is 0 Å². The van der Waals surface area contributed by atoms with Gasteiger partial charge in [0.25, 0.3) is 0 Å². The second kappa shape index (κ2) is 3.67. The van der Waals surface area contributed by atoms with E-state index in [1.54, 1.807) is 6.92 Å². The van der Waals surface area contributed by atoms with Crippen molar-refractivity contribution in [3.05, 3.63) is 12.1 Å². The van der Waals surface area contributed by atoms with E-state index in [0.717, 1.165) is 0 Å². The molecule has 0 heterocycles. The molecule has 0 unspecified atom stereocenters. The van der Waals surface area contributed by atoms with Crippen molar-refractivity contribution in [2.24, 2.45) is 0 Å². The number of rotatable bonds is 1. The van der Waals surface area contributed by atoms with Crippen LogP contribution in [0.5, 0.6) is 0 Å². The summed E-state index contributed by atoms with van der Waals surface area (Å²) in [6.07, 6.45) is 1.94. The molecule has 0 N–H and O–H groups in total. The minimum absolute atomic E-state index is 1.75. The molecule has 0 saturated carbocycles. The molecule has 0 aromatic heterocycles. The third-order valence-electron chi connectivity index (χ3n) is 0.329. The molecule has 1 heteroatoms. The van der Waals surface area contributed by atoms with E-state index in [1.807, 2.05) is 19.0 Å². The van der Waals surface area contributed by atoms with Crippen LogP contribution in [0.25, 0.3) is 0 Å². The molecule has 0 saturated heterocycles. The van der Waals surface area contributed by atoms with Gasteiger partial charge >= 0.3 is 32.4 Å². The van der Waals surface area contributed by atoms with Crippen molar-refractivity contribution in [3.8, 4) is 0 Å². The minimum atomic E-state index is 1.75. The van der Waals surface area contributed by atoms with Crippen molar-refractivity contribution < 1.29 is 0 Å². The van der Waals surface area contributed by atoms with Crippen LogP contribution in [0.15, 0.2) is 12.1 Å². The molecule has 0 aliphatic heterocycles. The van der Waals surface area contributed by atoms with E-state index in [-0.39, 0.29) is 0 Å². The average Bonchev–Trinajstić information content (AvgIpc) is 1.41. The summed E-state index contributed by atoms with van der Waals surface area (Å²) in [5.74, 6) is 1.89. The zero-order valence-electron chi connectivity index (χ0n) is 3.44. The summed E-state index contributed by atoms with van der Waals surface area (Å²) < 4.78 is 0. The van der Waals surface area contributed by atoms with Crippen molar-refractivity contribution in [1.29, 1.82) is 0 Å². The Balaban J connectivity index is 2.92. The molecule has 0 aliphatic carbocycles. The molecule has 0 rings (SSSR count). The Morgan fingerprint density at radius 3 is 2.40 bits per heavy atom. The zero-order valence-corrected chi connectivity index (χ0v) is 3.44. The van der Waals surface area contributed by atoms with Crippen molar-refractivity contribution in [1.82, 2.24) is 0 Å². The molecule has 0 aromatic rings. The average molecular weight is 65.9 g/mol. The fourth-order valence-electron chi connectivity index (χ4n) is 0.136. The van der Waals surface area contributed by atoms with E-state index in [4.69, 9.17) is 0 Å². The molecule has 0 bridgehead atoms. The van der Waals surface area contributed by atoms with Crippen LogP contribution in [0.3, 0.4) is 0 Å². The monoisotopic (exact) mass is 66.1 g/mol. The van der Waals surface area contributed by atoms with E-state index in [2.05, 4.69) is 6.47 Å². The summed E-state index contributed by atoms with van der Waals surface area (Å²) in [4.78, 5) is 0. The molecule has 0 nitrogen and oxygen atoms in total. The molecule has 0 aliphatic rings. The van der Waals surface area contributed by atoms with E-state index < -0.39 is 0 Å². The van der Waals surface area contributed by atoms with Gasteiger partial charge in [0.1, 0.15) is 0 Å². The van der Waals surface area contributed by atoms with Gasteiger partial charge in [-0.05, 0) is 0 Å². The maximum atomic E-state index is 3.46. The van der Waals surface area contributed by atoms with Gasteiger partial charge in [0.05, 0.1) is 0 Å². The molecular formula is C4H7B. The van der Waals surface area contributed by atoms with Crippen LogP contribution in [-0.4, -0.2) is 13.4 Å². The molecule has 26 valence electrons. The number of hydrogen-bond donors (Lipinski definition) is 0. The Morgan fingerprint density at radius 2 is 2.40 bits per heavy atom. The van der Waals surface area contributed by atoms with Crippen molar-refractivity contribution in [3.63, 3.8) is 0 Å². The summed E-state index contributed by atoms with van der Waals surface area (Å²) >= 11 is 0. The molecule has 0 fully saturated rings. The summed E-state index contributed by atoms with van der Waals surface area (Å²) in [5.41, 5.74) is 0. The van der Waals surface area contributed by atoms with E-state index in [1.165, 1.54) is 0 Å². The van der Waals surface area contributed by atoms with Crippen LogP contribution in [0.1, 0.15) is 6.92 Å². The first kappa shape index (κ1) is 4.67. The van der Waals surface area contributed by atoms with Gasteiger partial charge in [0.2, 0.25) is 0 Å². The Hall–Kier alpha value is -0.325. The second-order valence-electron chi connectivity index (χ2n) is 0.761. The second-order valence-corrected chi connectivity index (χ2v) is 0.761. The normalized spacial score (nSPS) is 8.20. The topological polar surface area (TPSA) is 0 Å². The zero-order chi connectivity index (χ0) is 4.12. The van der Waals surface area contributed by atoms with Gasteiger partial charge in [0.15, 0.2) is 0 Å². The quantitative estimate of drug-likeness (QED) is 0.394. The van der Waals surface area contributed by atoms with Crippen molar-refractivity contribution in [2.45, 2.75) is 6.92 Å². The summed E-state index contributed by atoms with van der Waals surface area (Å²) in [7, 11) is 0. The van der Waals surface area contributed by atoms with Gasteiger partial charge in [0, 0.05) is 0 Å². The molecule has 0 radical (unpaired) electrons. The van der Waals surface area contributed by atoms with Crippen LogP contribution >= 0.6 is 0 Å². The fraction of sp³-hybridized carbons (Fsp3) is 0.250. The fourth-order valence-corrected chi connectivity index (χ4v) is 0.136. The Kier molecular flexibility index (Phi) is 3.44. The molecule has 0 aromatic carbocycles. The maximum absolute atomic E-state index is 3.46. The first-order valence-corrected chi connectivity index (χ1v) is 1.65. The SMILES string of the molecule is C=B/C=C\C. The van der Waals surface area contributed by atoms with Crippen LogP contribution in [0.4, 0.5) is 0 Å². The molecule has 5 heavy (non-hydrogen) atoms. The molecule has 0 amide bonds. The van der Waals surface area contributed by atoms with E-state index >= 15 is 0 Å². The first-order valence-electron chi connectivity index (χ1n) is 1.65. The van der Waals surface area contributed by atoms with E-state index in [0.29, 0.717) is 0 Å². The third kappa shape index (κ3) is 3.67. The van der Waals surface area contributed by atoms with Crippen molar-refractivity contribution in [2.75, 3.05) is 0 Å². The summed E-state index contributed by atoms with van der Waals surface area (Å²) in [6.45, 7) is 7.17. The van der Waals surface area contributed by atoms with Crippen LogP contribution in [0.2, 0.25) is 0 Å². The van der Waals surface area contributed by atoms with Crippen molar-refractivity contribution >= 4 is 13.4 Å². The molecule has 0 atom stereocenters. The predicted molar refractivity (Wildman–Crippen MR) is 27.7 cm³/mol. The standard InChI is InChI=1S/C4H7B/c1-3-4-5-2/h3-4H,2H2,1H3/b4-3-. The van der Waals surface area contributed by atoms with Gasteiger partial charge in [-0.1, -0.05) is 0 Å². The number of allylic oxidation sites excluding steroid dienone is 1.